The number of nitro groups is 1. The SMILES string of the molecule is O=[N+]([O-])c1cccc(S(=O)(=O)N2CCN(Cc3ccc(F)c4cccnc34)CC2)c1. The zero-order valence-corrected chi connectivity index (χ0v) is 16.8. The Balaban J connectivity index is 1.47. The Hall–Kier alpha value is -2.95. The Labute approximate surface area is 172 Å². The molecule has 1 fully saturated rings. The van der Waals surface area contributed by atoms with Crippen molar-refractivity contribution in [2.45, 2.75) is 11.4 Å². The van der Waals surface area contributed by atoms with Crippen LogP contribution < -0.4 is 0 Å². The predicted molar refractivity (Wildman–Crippen MR) is 109 cm³/mol. The molecule has 2 aromatic carbocycles. The molecule has 0 atom stereocenters. The fourth-order valence-corrected chi connectivity index (χ4v) is 5.06. The highest BCUT2D eigenvalue weighted by atomic mass is 32.2. The molecule has 0 saturated carbocycles. The number of piperazine rings is 1. The third-order valence-electron chi connectivity index (χ3n) is 5.19. The van der Waals surface area contributed by atoms with E-state index < -0.39 is 14.9 Å². The topological polar surface area (TPSA) is 96.6 Å². The minimum absolute atomic E-state index is 0.0844. The Morgan fingerprint density at radius 1 is 1.07 bits per heavy atom. The first-order valence-corrected chi connectivity index (χ1v) is 10.8. The molecule has 0 aliphatic carbocycles. The third kappa shape index (κ3) is 3.89. The van der Waals surface area contributed by atoms with E-state index in [0.29, 0.717) is 30.5 Å². The number of benzene rings is 2. The van der Waals surface area contributed by atoms with E-state index in [9.17, 15) is 22.9 Å². The standard InChI is InChI=1S/C20H19FN4O4S/c21-19-7-6-15(20-18(19)5-2-8-22-20)14-23-9-11-24(12-10-23)30(28,29)17-4-1-3-16(13-17)25(26)27/h1-8,13H,9-12,14H2. The second kappa shape index (κ2) is 8.05. The minimum atomic E-state index is -3.81. The molecule has 8 nitrogen and oxygen atoms in total. The molecule has 0 unspecified atom stereocenters. The second-order valence-electron chi connectivity index (χ2n) is 7.04. The summed E-state index contributed by atoms with van der Waals surface area (Å²) in [7, 11) is -3.81. The van der Waals surface area contributed by atoms with Crippen LogP contribution in [-0.2, 0) is 16.6 Å². The van der Waals surface area contributed by atoms with Gasteiger partial charge in [0.1, 0.15) is 5.82 Å². The summed E-state index contributed by atoms with van der Waals surface area (Å²) in [5.74, 6) is -0.324. The van der Waals surface area contributed by atoms with Crippen LogP contribution in [0.4, 0.5) is 10.1 Å². The maximum Gasteiger partial charge on any atom is 0.270 e. The first-order chi connectivity index (χ1) is 14.4. The van der Waals surface area contributed by atoms with Crippen molar-refractivity contribution in [2.24, 2.45) is 0 Å². The van der Waals surface area contributed by atoms with E-state index in [1.54, 1.807) is 24.4 Å². The zero-order valence-electron chi connectivity index (χ0n) is 15.9. The molecule has 0 bridgehead atoms. The van der Waals surface area contributed by atoms with E-state index in [-0.39, 0.29) is 29.5 Å². The summed E-state index contributed by atoms with van der Waals surface area (Å²) in [6.07, 6.45) is 1.62. The van der Waals surface area contributed by atoms with Crippen LogP contribution in [0.3, 0.4) is 0 Å². The van der Waals surface area contributed by atoms with Gasteiger partial charge in [-0.05, 0) is 29.8 Å². The van der Waals surface area contributed by atoms with E-state index >= 15 is 0 Å². The summed E-state index contributed by atoms with van der Waals surface area (Å²) < 4.78 is 41.1. The van der Waals surface area contributed by atoms with Crippen LogP contribution in [0.15, 0.2) is 59.6 Å². The lowest BCUT2D eigenvalue weighted by molar-refractivity contribution is -0.385. The minimum Gasteiger partial charge on any atom is -0.296 e. The number of sulfonamides is 1. The lowest BCUT2D eigenvalue weighted by Gasteiger charge is -2.34. The van der Waals surface area contributed by atoms with Crippen molar-refractivity contribution >= 4 is 26.6 Å². The first-order valence-electron chi connectivity index (χ1n) is 9.35. The molecule has 156 valence electrons. The van der Waals surface area contributed by atoms with Crippen molar-refractivity contribution in [3.05, 3.63) is 76.2 Å². The molecule has 2 heterocycles. The van der Waals surface area contributed by atoms with Crippen molar-refractivity contribution in [2.75, 3.05) is 26.2 Å². The molecule has 0 spiro atoms. The Morgan fingerprint density at radius 2 is 1.83 bits per heavy atom. The molecular weight excluding hydrogens is 411 g/mol. The number of nitro benzene ring substituents is 1. The van der Waals surface area contributed by atoms with Crippen molar-refractivity contribution < 1.29 is 17.7 Å². The molecule has 4 rings (SSSR count). The van der Waals surface area contributed by atoms with Gasteiger partial charge in [-0.2, -0.15) is 4.31 Å². The fraction of sp³-hybridized carbons (Fsp3) is 0.250. The molecule has 1 aliphatic rings. The van der Waals surface area contributed by atoms with Gasteiger partial charge in [-0.25, -0.2) is 12.8 Å². The maximum absolute atomic E-state index is 14.0. The van der Waals surface area contributed by atoms with Gasteiger partial charge in [0.2, 0.25) is 10.0 Å². The molecule has 0 N–H and O–H groups in total. The number of pyridine rings is 1. The normalized spacial score (nSPS) is 16.0. The first kappa shape index (κ1) is 20.3. The molecule has 3 aromatic rings. The molecular formula is C20H19FN4O4S. The largest absolute Gasteiger partial charge is 0.296 e. The van der Waals surface area contributed by atoms with Gasteiger partial charge >= 0.3 is 0 Å². The molecule has 30 heavy (non-hydrogen) atoms. The van der Waals surface area contributed by atoms with Crippen LogP contribution in [0.5, 0.6) is 0 Å². The van der Waals surface area contributed by atoms with Crippen molar-refractivity contribution in [3.8, 4) is 0 Å². The van der Waals surface area contributed by atoms with Gasteiger partial charge in [0.15, 0.2) is 0 Å². The highest BCUT2D eigenvalue weighted by molar-refractivity contribution is 7.89. The number of rotatable bonds is 5. The van der Waals surface area contributed by atoms with E-state index in [0.717, 1.165) is 11.6 Å². The molecule has 10 heteroatoms. The van der Waals surface area contributed by atoms with Crippen LogP contribution in [0.1, 0.15) is 5.56 Å². The average molecular weight is 430 g/mol. The predicted octanol–water partition coefficient (Wildman–Crippen LogP) is 2.79. The quantitative estimate of drug-likeness (QED) is 0.456. The summed E-state index contributed by atoms with van der Waals surface area (Å²) in [4.78, 5) is 16.6. The Kier molecular flexibility index (Phi) is 5.46. The number of non-ortho nitro benzene ring substituents is 1. The summed E-state index contributed by atoms with van der Waals surface area (Å²) in [6, 6.07) is 11.6. The maximum atomic E-state index is 14.0. The number of nitrogens with zero attached hydrogens (tertiary/aromatic N) is 4. The highest BCUT2D eigenvalue weighted by Crippen LogP contribution is 2.24. The summed E-state index contributed by atoms with van der Waals surface area (Å²) in [5, 5.41) is 11.4. The van der Waals surface area contributed by atoms with E-state index in [4.69, 9.17) is 0 Å². The van der Waals surface area contributed by atoms with Crippen molar-refractivity contribution in [3.63, 3.8) is 0 Å². The number of halogens is 1. The average Bonchev–Trinajstić information content (AvgIpc) is 2.76. The van der Waals surface area contributed by atoms with Gasteiger partial charge in [0.25, 0.3) is 5.69 Å². The summed E-state index contributed by atoms with van der Waals surface area (Å²) in [5.41, 5.74) is 1.22. The number of hydrogen-bond donors (Lipinski definition) is 0. The van der Waals surface area contributed by atoms with Gasteiger partial charge in [0.05, 0.1) is 15.3 Å². The van der Waals surface area contributed by atoms with Crippen LogP contribution in [0.25, 0.3) is 10.9 Å². The van der Waals surface area contributed by atoms with Crippen LogP contribution in [-0.4, -0.2) is 53.7 Å². The molecule has 1 aliphatic heterocycles. The molecule has 0 radical (unpaired) electrons. The third-order valence-corrected chi connectivity index (χ3v) is 7.09. The smallest absolute Gasteiger partial charge is 0.270 e. The van der Waals surface area contributed by atoms with Crippen LogP contribution >= 0.6 is 0 Å². The number of hydrogen-bond acceptors (Lipinski definition) is 6. The van der Waals surface area contributed by atoms with Crippen molar-refractivity contribution in [1.29, 1.82) is 0 Å². The number of fused-ring (bicyclic) bond motifs is 1. The zero-order chi connectivity index (χ0) is 21.3. The van der Waals surface area contributed by atoms with Gasteiger partial charge in [-0.15, -0.1) is 0 Å². The van der Waals surface area contributed by atoms with Gasteiger partial charge in [0, 0.05) is 56.4 Å². The fourth-order valence-electron chi connectivity index (χ4n) is 3.60. The van der Waals surface area contributed by atoms with Gasteiger partial charge < -0.3 is 0 Å². The van der Waals surface area contributed by atoms with E-state index in [1.807, 2.05) is 0 Å². The molecule has 1 aromatic heterocycles. The Bertz CT molecular complexity index is 1210. The van der Waals surface area contributed by atoms with Crippen LogP contribution in [0, 0.1) is 15.9 Å². The van der Waals surface area contributed by atoms with Crippen LogP contribution in [0.2, 0.25) is 0 Å². The highest BCUT2D eigenvalue weighted by Gasteiger charge is 2.29. The van der Waals surface area contributed by atoms with Gasteiger partial charge in [-0.1, -0.05) is 12.1 Å². The monoisotopic (exact) mass is 430 g/mol. The van der Waals surface area contributed by atoms with E-state index in [2.05, 4.69) is 9.88 Å². The summed E-state index contributed by atoms with van der Waals surface area (Å²) >= 11 is 0. The molecule has 1 saturated heterocycles. The second-order valence-corrected chi connectivity index (χ2v) is 8.98. The Morgan fingerprint density at radius 3 is 2.57 bits per heavy atom. The summed E-state index contributed by atoms with van der Waals surface area (Å²) in [6.45, 7) is 2.02. The van der Waals surface area contributed by atoms with Crippen molar-refractivity contribution in [1.82, 2.24) is 14.2 Å². The van der Waals surface area contributed by atoms with E-state index in [1.165, 1.54) is 28.6 Å². The number of aromatic nitrogens is 1. The lowest BCUT2D eigenvalue weighted by Crippen LogP contribution is -2.48. The van der Waals surface area contributed by atoms with Gasteiger partial charge in [-0.3, -0.25) is 20.0 Å². The molecule has 0 amide bonds. The lowest BCUT2D eigenvalue weighted by atomic mass is 10.1.